The zero-order valence-corrected chi connectivity index (χ0v) is 17.8. The molecule has 2 rings (SSSR count). The van der Waals surface area contributed by atoms with Crippen LogP contribution in [0.2, 0.25) is 5.02 Å². The van der Waals surface area contributed by atoms with E-state index in [-0.39, 0.29) is 0 Å². The van der Waals surface area contributed by atoms with Gasteiger partial charge in [-0.05, 0) is 50.3 Å². The molecule has 0 saturated carbocycles. The van der Waals surface area contributed by atoms with Gasteiger partial charge in [-0.3, -0.25) is 0 Å². The summed E-state index contributed by atoms with van der Waals surface area (Å²) in [7, 11) is 0. The number of halogens is 1. The van der Waals surface area contributed by atoms with Gasteiger partial charge in [0.15, 0.2) is 11.5 Å². The van der Waals surface area contributed by atoms with Crippen LogP contribution in [0.1, 0.15) is 96.3 Å². The Balaban J connectivity index is 1.41. The van der Waals surface area contributed by atoms with Gasteiger partial charge in [0.25, 0.3) is 0 Å². The Labute approximate surface area is 170 Å². The quantitative estimate of drug-likeness (QED) is 0.225. The Morgan fingerprint density at radius 3 is 2.19 bits per heavy atom. The van der Waals surface area contributed by atoms with Crippen LogP contribution in [0, 0.1) is 0 Å². The van der Waals surface area contributed by atoms with Crippen molar-refractivity contribution in [2.45, 2.75) is 96.8 Å². The Morgan fingerprint density at radius 2 is 1.48 bits per heavy atom. The Morgan fingerprint density at radius 1 is 0.852 bits per heavy atom. The lowest BCUT2D eigenvalue weighted by Crippen LogP contribution is -1.86. The summed E-state index contributed by atoms with van der Waals surface area (Å²) in [6.07, 6.45) is 22.9. The van der Waals surface area contributed by atoms with Crippen molar-refractivity contribution in [3.63, 3.8) is 0 Å². The number of nitrogens with zero attached hydrogens (tertiary/aromatic N) is 1. The molecule has 0 aliphatic rings. The molecule has 0 spiro atoms. The van der Waals surface area contributed by atoms with E-state index < -0.39 is 0 Å². The van der Waals surface area contributed by atoms with Crippen molar-refractivity contribution in [3.8, 4) is 0 Å². The molecule has 0 bridgehead atoms. The largest absolute Gasteiger partial charge is 0.441 e. The van der Waals surface area contributed by atoms with E-state index in [1.807, 2.05) is 18.2 Å². The van der Waals surface area contributed by atoms with E-state index in [0.29, 0.717) is 5.02 Å². The fourth-order valence-corrected chi connectivity index (χ4v) is 3.57. The summed E-state index contributed by atoms with van der Waals surface area (Å²) in [5.74, 6) is 0.838. The molecule has 0 unspecified atom stereocenters. The first-order chi connectivity index (χ1) is 13.3. The monoisotopic (exact) mass is 389 g/mol. The molecule has 0 radical (unpaired) electrons. The van der Waals surface area contributed by atoms with Crippen molar-refractivity contribution in [2.24, 2.45) is 0 Å². The van der Waals surface area contributed by atoms with Gasteiger partial charge in [-0.25, -0.2) is 4.98 Å². The average Bonchev–Trinajstić information content (AvgIpc) is 3.06. The van der Waals surface area contributed by atoms with Gasteiger partial charge in [0, 0.05) is 11.4 Å². The van der Waals surface area contributed by atoms with Gasteiger partial charge in [-0.1, -0.05) is 82.0 Å². The minimum atomic E-state index is 0.711. The van der Waals surface area contributed by atoms with Gasteiger partial charge in [0.2, 0.25) is 0 Å². The van der Waals surface area contributed by atoms with Crippen molar-refractivity contribution in [3.05, 3.63) is 41.3 Å². The fourth-order valence-electron chi connectivity index (χ4n) is 3.40. The number of hydrogen-bond acceptors (Lipinski definition) is 2. The van der Waals surface area contributed by atoms with Crippen molar-refractivity contribution in [1.29, 1.82) is 0 Å². The van der Waals surface area contributed by atoms with Crippen molar-refractivity contribution in [2.75, 3.05) is 0 Å². The first-order valence-electron chi connectivity index (χ1n) is 11.0. The fraction of sp³-hybridized carbons (Fsp3) is 0.625. The van der Waals surface area contributed by atoms with Crippen LogP contribution in [0.3, 0.4) is 0 Å². The molecule has 2 aromatic rings. The predicted octanol–water partition coefficient (Wildman–Crippen LogP) is 8.67. The number of aryl methyl sites for hydroxylation is 1. The zero-order valence-electron chi connectivity index (χ0n) is 17.0. The molecule has 3 heteroatoms. The second-order valence-corrected chi connectivity index (χ2v) is 7.99. The lowest BCUT2D eigenvalue weighted by atomic mass is 10.1. The number of fused-ring (bicyclic) bond motifs is 1. The SMILES string of the molecule is CCCCCCCC/C=C\CCCCCCCc1nc2cc(Cl)ccc2o1. The van der Waals surface area contributed by atoms with E-state index >= 15 is 0 Å². The summed E-state index contributed by atoms with van der Waals surface area (Å²) < 4.78 is 5.76. The minimum Gasteiger partial charge on any atom is -0.441 e. The first-order valence-corrected chi connectivity index (χ1v) is 11.4. The minimum absolute atomic E-state index is 0.711. The number of unbranched alkanes of at least 4 members (excludes halogenated alkanes) is 11. The summed E-state index contributed by atoms with van der Waals surface area (Å²) in [6, 6.07) is 5.61. The summed E-state index contributed by atoms with van der Waals surface area (Å²) in [5, 5.41) is 0.711. The highest BCUT2D eigenvalue weighted by molar-refractivity contribution is 6.31. The van der Waals surface area contributed by atoms with E-state index in [0.717, 1.165) is 29.8 Å². The highest BCUT2D eigenvalue weighted by Gasteiger charge is 2.05. The molecule has 0 amide bonds. The van der Waals surface area contributed by atoms with Gasteiger partial charge in [0.1, 0.15) is 5.52 Å². The molecule has 1 aromatic heterocycles. The third kappa shape index (κ3) is 9.46. The molecule has 27 heavy (non-hydrogen) atoms. The molecule has 150 valence electrons. The maximum Gasteiger partial charge on any atom is 0.195 e. The number of oxazole rings is 1. The number of aromatic nitrogens is 1. The van der Waals surface area contributed by atoms with Crippen molar-refractivity contribution >= 4 is 22.7 Å². The van der Waals surface area contributed by atoms with Gasteiger partial charge in [-0.2, -0.15) is 0 Å². The van der Waals surface area contributed by atoms with Gasteiger partial charge in [0.05, 0.1) is 0 Å². The van der Waals surface area contributed by atoms with Gasteiger partial charge < -0.3 is 4.42 Å². The highest BCUT2D eigenvalue weighted by Crippen LogP contribution is 2.21. The van der Waals surface area contributed by atoms with Gasteiger partial charge in [-0.15, -0.1) is 0 Å². The average molecular weight is 390 g/mol. The maximum absolute atomic E-state index is 5.99. The summed E-state index contributed by atoms with van der Waals surface area (Å²) in [6.45, 7) is 2.28. The molecular formula is C24H36ClNO. The molecule has 1 heterocycles. The third-order valence-electron chi connectivity index (χ3n) is 5.05. The molecule has 0 fully saturated rings. The summed E-state index contributed by atoms with van der Waals surface area (Å²) in [4.78, 5) is 4.52. The van der Waals surface area contributed by atoms with Crippen LogP contribution in [-0.4, -0.2) is 4.98 Å². The molecule has 2 nitrogen and oxygen atoms in total. The van der Waals surface area contributed by atoms with Crippen molar-refractivity contribution in [1.82, 2.24) is 4.98 Å². The van der Waals surface area contributed by atoms with Crippen molar-refractivity contribution < 1.29 is 4.42 Å². The number of benzene rings is 1. The third-order valence-corrected chi connectivity index (χ3v) is 5.28. The molecule has 1 aromatic carbocycles. The molecule has 0 aliphatic heterocycles. The Kier molecular flexibility index (Phi) is 11.3. The lowest BCUT2D eigenvalue weighted by Gasteiger charge is -1.99. The summed E-state index contributed by atoms with van der Waals surface area (Å²) in [5.41, 5.74) is 1.70. The standard InChI is InChI=1S/C24H36ClNO/c1-2-3-4-5-6-7-8-9-10-11-12-13-14-15-16-17-24-26-22-20-21(25)18-19-23(22)27-24/h9-10,18-20H,2-8,11-17H2,1H3/b10-9-. The van der Waals surface area contributed by atoms with E-state index in [1.165, 1.54) is 77.0 Å². The summed E-state index contributed by atoms with van der Waals surface area (Å²) >= 11 is 5.99. The van der Waals surface area contributed by atoms with Crippen LogP contribution in [-0.2, 0) is 6.42 Å². The van der Waals surface area contributed by atoms with E-state index in [2.05, 4.69) is 24.1 Å². The van der Waals surface area contributed by atoms with E-state index in [9.17, 15) is 0 Å². The zero-order chi connectivity index (χ0) is 19.2. The maximum atomic E-state index is 5.99. The molecule has 0 N–H and O–H groups in total. The Hall–Kier alpha value is -1.28. The van der Waals surface area contributed by atoms with Gasteiger partial charge >= 0.3 is 0 Å². The normalized spacial score (nSPS) is 11.8. The molecular weight excluding hydrogens is 354 g/mol. The topological polar surface area (TPSA) is 26.0 Å². The van der Waals surface area contributed by atoms with E-state index in [1.54, 1.807) is 0 Å². The highest BCUT2D eigenvalue weighted by atomic mass is 35.5. The van der Waals surface area contributed by atoms with Crippen LogP contribution in [0.5, 0.6) is 0 Å². The Bertz CT molecular complexity index is 661. The predicted molar refractivity (Wildman–Crippen MR) is 118 cm³/mol. The number of allylic oxidation sites excluding steroid dienone is 2. The van der Waals surface area contributed by atoms with Crippen LogP contribution < -0.4 is 0 Å². The molecule has 0 atom stereocenters. The lowest BCUT2D eigenvalue weighted by molar-refractivity contribution is 0.506. The second-order valence-electron chi connectivity index (χ2n) is 7.55. The second kappa shape index (κ2) is 13.8. The van der Waals surface area contributed by atoms with E-state index in [4.69, 9.17) is 16.0 Å². The first kappa shape index (κ1) is 22.0. The van der Waals surface area contributed by atoms with Crippen LogP contribution in [0.25, 0.3) is 11.1 Å². The smallest absolute Gasteiger partial charge is 0.195 e. The van der Waals surface area contributed by atoms with Crippen LogP contribution in [0.15, 0.2) is 34.8 Å². The molecule has 0 saturated heterocycles. The number of rotatable bonds is 15. The van der Waals surface area contributed by atoms with Crippen LogP contribution in [0.4, 0.5) is 0 Å². The molecule has 0 aliphatic carbocycles. The number of hydrogen-bond donors (Lipinski definition) is 0. The van der Waals surface area contributed by atoms with Crippen LogP contribution >= 0.6 is 11.6 Å².